The Morgan fingerprint density at radius 3 is 2.72 bits per heavy atom. The second-order valence-corrected chi connectivity index (χ2v) is 3.54. The van der Waals surface area contributed by atoms with E-state index in [0.29, 0.717) is 30.3 Å². The molecule has 1 heterocycles. The summed E-state index contributed by atoms with van der Waals surface area (Å²) in [4.78, 5) is 26.7. The first-order valence-electron chi connectivity index (χ1n) is 5.27. The number of benzene rings is 1. The van der Waals surface area contributed by atoms with Gasteiger partial charge in [0.15, 0.2) is 18.1 Å². The molecule has 0 aliphatic carbocycles. The van der Waals surface area contributed by atoms with Crippen LogP contribution in [-0.2, 0) is 9.63 Å². The number of fused-ring (bicyclic) bond motifs is 1. The molecular weight excluding hydrogens is 240 g/mol. The van der Waals surface area contributed by atoms with Crippen molar-refractivity contribution in [2.24, 2.45) is 5.73 Å². The van der Waals surface area contributed by atoms with Crippen molar-refractivity contribution in [1.82, 2.24) is 5.48 Å². The number of nitrogens with two attached hydrogens (primary N) is 1. The normalized spacial score (nSPS) is 12.9. The SMILES string of the molecule is NC(=O)CONC(=O)c1ccc2c(c1)OCCO2. The monoisotopic (exact) mass is 252 g/mol. The Labute approximate surface area is 103 Å². The Bertz CT molecular complexity index is 475. The third kappa shape index (κ3) is 2.89. The van der Waals surface area contributed by atoms with Crippen molar-refractivity contribution in [3.05, 3.63) is 23.8 Å². The Morgan fingerprint density at radius 2 is 2.00 bits per heavy atom. The molecule has 0 aromatic heterocycles. The fraction of sp³-hybridized carbons (Fsp3) is 0.273. The van der Waals surface area contributed by atoms with Gasteiger partial charge in [-0.3, -0.25) is 14.4 Å². The van der Waals surface area contributed by atoms with Crippen LogP contribution in [0, 0.1) is 0 Å². The van der Waals surface area contributed by atoms with Gasteiger partial charge in [0, 0.05) is 5.56 Å². The molecular formula is C11H12N2O5. The van der Waals surface area contributed by atoms with Crippen LogP contribution in [0.2, 0.25) is 0 Å². The molecule has 0 unspecified atom stereocenters. The molecule has 1 aliphatic rings. The number of nitrogens with one attached hydrogen (secondary N) is 1. The Morgan fingerprint density at radius 1 is 1.28 bits per heavy atom. The molecule has 0 spiro atoms. The summed E-state index contributed by atoms with van der Waals surface area (Å²) in [5.74, 6) is -0.0645. The number of rotatable bonds is 4. The number of primary amides is 1. The van der Waals surface area contributed by atoms with Gasteiger partial charge in [-0.2, -0.15) is 0 Å². The summed E-state index contributed by atoms with van der Waals surface area (Å²) in [6, 6.07) is 4.74. The average molecular weight is 252 g/mol. The Hall–Kier alpha value is -2.28. The third-order valence-corrected chi connectivity index (χ3v) is 2.18. The lowest BCUT2D eigenvalue weighted by molar-refractivity contribution is -0.124. The summed E-state index contributed by atoms with van der Waals surface area (Å²) >= 11 is 0. The smallest absolute Gasteiger partial charge is 0.274 e. The zero-order valence-corrected chi connectivity index (χ0v) is 9.47. The van der Waals surface area contributed by atoms with Crippen molar-refractivity contribution in [2.75, 3.05) is 19.8 Å². The van der Waals surface area contributed by atoms with Crippen LogP contribution in [0.25, 0.3) is 0 Å². The first kappa shape index (κ1) is 12.2. The minimum atomic E-state index is -0.669. The summed E-state index contributed by atoms with van der Waals surface area (Å²) in [5.41, 5.74) is 7.29. The second-order valence-electron chi connectivity index (χ2n) is 3.54. The summed E-state index contributed by atoms with van der Waals surface area (Å²) in [6.07, 6.45) is 0. The largest absolute Gasteiger partial charge is 0.486 e. The van der Waals surface area contributed by atoms with Gasteiger partial charge in [0.2, 0.25) is 5.91 Å². The number of hydrogen-bond donors (Lipinski definition) is 2. The summed E-state index contributed by atoms with van der Waals surface area (Å²) in [5, 5.41) is 0. The van der Waals surface area contributed by atoms with Gasteiger partial charge in [-0.25, -0.2) is 5.48 Å². The summed E-state index contributed by atoms with van der Waals surface area (Å²) in [6.45, 7) is 0.548. The predicted molar refractivity (Wildman–Crippen MR) is 60.0 cm³/mol. The molecule has 0 saturated heterocycles. The molecule has 1 aromatic carbocycles. The molecule has 0 fully saturated rings. The van der Waals surface area contributed by atoms with Crippen molar-refractivity contribution in [3.8, 4) is 11.5 Å². The van der Waals surface area contributed by atoms with E-state index < -0.39 is 11.8 Å². The highest BCUT2D eigenvalue weighted by Crippen LogP contribution is 2.30. The molecule has 0 saturated carbocycles. The molecule has 3 N–H and O–H groups in total. The van der Waals surface area contributed by atoms with Crippen LogP contribution in [0.3, 0.4) is 0 Å². The van der Waals surface area contributed by atoms with Crippen molar-refractivity contribution in [1.29, 1.82) is 0 Å². The minimum Gasteiger partial charge on any atom is -0.486 e. The molecule has 7 heteroatoms. The van der Waals surface area contributed by atoms with Crippen LogP contribution < -0.4 is 20.7 Å². The number of amides is 2. The highest BCUT2D eigenvalue weighted by Gasteiger charge is 2.15. The summed E-state index contributed by atoms with van der Waals surface area (Å²) < 4.78 is 10.7. The minimum absolute atomic E-state index is 0.337. The maximum Gasteiger partial charge on any atom is 0.274 e. The van der Waals surface area contributed by atoms with Gasteiger partial charge in [0.1, 0.15) is 13.2 Å². The van der Waals surface area contributed by atoms with Gasteiger partial charge in [0.05, 0.1) is 0 Å². The van der Waals surface area contributed by atoms with E-state index in [2.05, 4.69) is 10.3 Å². The van der Waals surface area contributed by atoms with Crippen LogP contribution in [0.4, 0.5) is 0 Å². The fourth-order valence-corrected chi connectivity index (χ4v) is 1.42. The highest BCUT2D eigenvalue weighted by molar-refractivity contribution is 5.94. The molecule has 2 amide bonds. The number of hydroxylamine groups is 1. The summed E-state index contributed by atoms with van der Waals surface area (Å²) in [7, 11) is 0. The number of carbonyl (C=O) groups excluding carboxylic acids is 2. The van der Waals surface area contributed by atoms with E-state index in [1.807, 2.05) is 0 Å². The third-order valence-electron chi connectivity index (χ3n) is 2.18. The molecule has 0 radical (unpaired) electrons. The van der Waals surface area contributed by atoms with Crippen molar-refractivity contribution >= 4 is 11.8 Å². The van der Waals surface area contributed by atoms with E-state index >= 15 is 0 Å². The molecule has 18 heavy (non-hydrogen) atoms. The number of hydrogen-bond acceptors (Lipinski definition) is 5. The molecule has 1 aliphatic heterocycles. The van der Waals surface area contributed by atoms with Crippen LogP contribution in [0.5, 0.6) is 11.5 Å². The van der Waals surface area contributed by atoms with Crippen LogP contribution in [0.1, 0.15) is 10.4 Å². The maximum atomic E-state index is 11.6. The Kier molecular flexibility index (Phi) is 3.63. The van der Waals surface area contributed by atoms with Crippen molar-refractivity contribution in [2.45, 2.75) is 0 Å². The lowest BCUT2D eigenvalue weighted by atomic mass is 10.2. The quantitative estimate of drug-likeness (QED) is 0.710. The first-order chi connectivity index (χ1) is 8.66. The van der Waals surface area contributed by atoms with Crippen LogP contribution in [0.15, 0.2) is 18.2 Å². The zero-order valence-electron chi connectivity index (χ0n) is 9.47. The van der Waals surface area contributed by atoms with Crippen molar-refractivity contribution < 1.29 is 23.9 Å². The first-order valence-corrected chi connectivity index (χ1v) is 5.27. The Balaban J connectivity index is 2.00. The molecule has 0 bridgehead atoms. The lowest BCUT2D eigenvalue weighted by Gasteiger charge is -2.18. The van der Waals surface area contributed by atoms with Gasteiger partial charge in [-0.05, 0) is 18.2 Å². The topological polar surface area (TPSA) is 99.9 Å². The van der Waals surface area contributed by atoms with Gasteiger partial charge in [0.25, 0.3) is 5.91 Å². The zero-order chi connectivity index (χ0) is 13.0. The van der Waals surface area contributed by atoms with E-state index in [1.165, 1.54) is 6.07 Å². The number of carbonyl (C=O) groups is 2. The highest BCUT2D eigenvalue weighted by atomic mass is 16.7. The van der Waals surface area contributed by atoms with Gasteiger partial charge in [-0.15, -0.1) is 0 Å². The molecule has 1 aromatic rings. The fourth-order valence-electron chi connectivity index (χ4n) is 1.42. The van der Waals surface area contributed by atoms with E-state index in [-0.39, 0.29) is 6.61 Å². The molecule has 0 atom stereocenters. The molecule has 7 nitrogen and oxygen atoms in total. The van der Waals surface area contributed by atoms with Gasteiger partial charge >= 0.3 is 0 Å². The van der Waals surface area contributed by atoms with E-state index in [4.69, 9.17) is 15.2 Å². The van der Waals surface area contributed by atoms with E-state index in [0.717, 1.165) is 0 Å². The lowest BCUT2D eigenvalue weighted by Crippen LogP contribution is -2.29. The van der Waals surface area contributed by atoms with Gasteiger partial charge in [-0.1, -0.05) is 0 Å². The van der Waals surface area contributed by atoms with Crippen molar-refractivity contribution in [3.63, 3.8) is 0 Å². The van der Waals surface area contributed by atoms with Crippen LogP contribution >= 0.6 is 0 Å². The van der Waals surface area contributed by atoms with E-state index in [9.17, 15) is 9.59 Å². The second kappa shape index (κ2) is 5.37. The standard InChI is InChI=1S/C11H12N2O5/c12-10(14)6-18-13-11(15)7-1-2-8-9(5-7)17-4-3-16-8/h1-2,5H,3-4,6H2,(H2,12,14)(H,13,15). The van der Waals surface area contributed by atoms with E-state index in [1.54, 1.807) is 12.1 Å². The van der Waals surface area contributed by atoms with Gasteiger partial charge < -0.3 is 15.2 Å². The maximum absolute atomic E-state index is 11.6. The number of ether oxygens (including phenoxy) is 2. The predicted octanol–water partition coefficient (Wildman–Crippen LogP) is -0.396. The molecule has 96 valence electrons. The van der Waals surface area contributed by atoms with Crippen LogP contribution in [-0.4, -0.2) is 31.6 Å². The molecule has 2 rings (SSSR count). The average Bonchev–Trinajstić information content (AvgIpc) is 2.37.